The molecule has 0 saturated carbocycles. The molecule has 2 N–H and O–H groups in total. The maximum absolute atomic E-state index is 9.61. The highest BCUT2D eigenvalue weighted by molar-refractivity contribution is 5.34. The molecule has 1 aliphatic rings. The molecule has 1 atom stereocenters. The molecule has 0 aliphatic carbocycles. The number of phenolic OH excluding ortho intramolecular Hbond substituents is 1. The first-order valence-corrected chi connectivity index (χ1v) is 4.89. The molecule has 3 nitrogen and oxygen atoms in total. The van der Waals surface area contributed by atoms with Gasteiger partial charge in [-0.05, 0) is 13.0 Å². The van der Waals surface area contributed by atoms with Gasteiger partial charge >= 0.3 is 0 Å². The van der Waals surface area contributed by atoms with Crippen LogP contribution >= 0.6 is 0 Å². The Bertz CT molecular complexity index is 310. The largest absolute Gasteiger partial charge is 0.508 e. The molecule has 14 heavy (non-hydrogen) atoms. The van der Waals surface area contributed by atoms with E-state index in [1.165, 1.54) is 0 Å². The van der Waals surface area contributed by atoms with Crippen molar-refractivity contribution in [1.29, 1.82) is 0 Å². The second-order valence-corrected chi connectivity index (χ2v) is 3.68. The van der Waals surface area contributed by atoms with E-state index in [-0.39, 0.29) is 6.04 Å². The van der Waals surface area contributed by atoms with Gasteiger partial charge in [-0.2, -0.15) is 0 Å². The minimum atomic E-state index is 0.171. The lowest BCUT2D eigenvalue weighted by atomic mass is 10.1. The summed E-state index contributed by atoms with van der Waals surface area (Å²) in [5, 5.41) is 13.0. The summed E-state index contributed by atoms with van der Waals surface area (Å²) in [5.41, 5.74) is 0.944. The zero-order chi connectivity index (χ0) is 9.97. The Morgan fingerprint density at radius 3 is 2.71 bits per heavy atom. The van der Waals surface area contributed by atoms with Gasteiger partial charge in [-0.3, -0.25) is 0 Å². The molecule has 1 aromatic rings. The van der Waals surface area contributed by atoms with Gasteiger partial charge in [0.2, 0.25) is 0 Å². The molecule has 0 spiro atoms. The summed E-state index contributed by atoms with van der Waals surface area (Å²) in [6.45, 7) is 3.60. The van der Waals surface area contributed by atoms with Crippen LogP contribution in [0.4, 0.5) is 0 Å². The lowest BCUT2D eigenvalue weighted by Crippen LogP contribution is -2.46. The van der Waals surface area contributed by atoms with Crippen LogP contribution in [0.1, 0.15) is 18.5 Å². The van der Waals surface area contributed by atoms with E-state index >= 15 is 0 Å². The Balaban J connectivity index is 2.02. The Hall–Kier alpha value is -1.06. The smallest absolute Gasteiger partial charge is 0.120 e. The van der Waals surface area contributed by atoms with Crippen LogP contribution in [-0.4, -0.2) is 24.4 Å². The van der Waals surface area contributed by atoms with Crippen molar-refractivity contribution in [2.45, 2.75) is 19.0 Å². The third kappa shape index (κ3) is 1.89. The molecule has 3 heteroatoms. The second-order valence-electron chi connectivity index (χ2n) is 3.68. The lowest BCUT2D eigenvalue weighted by Gasteiger charge is -2.30. The molecule has 1 heterocycles. The lowest BCUT2D eigenvalue weighted by molar-refractivity contribution is -0.00934. The summed E-state index contributed by atoms with van der Waals surface area (Å²) in [6.07, 6.45) is 0. The van der Waals surface area contributed by atoms with Crippen molar-refractivity contribution in [1.82, 2.24) is 5.32 Å². The van der Waals surface area contributed by atoms with Crippen LogP contribution in [0.25, 0.3) is 0 Å². The van der Waals surface area contributed by atoms with Gasteiger partial charge in [0.15, 0.2) is 0 Å². The van der Waals surface area contributed by atoms with Gasteiger partial charge in [-0.1, -0.05) is 18.2 Å². The predicted octanol–water partition coefficient (Wildman–Crippen LogP) is 1.44. The van der Waals surface area contributed by atoms with Crippen LogP contribution in [0.15, 0.2) is 24.3 Å². The number of hydrogen-bond acceptors (Lipinski definition) is 3. The minimum absolute atomic E-state index is 0.171. The first-order chi connectivity index (χ1) is 6.77. The molecule has 1 unspecified atom stereocenters. The van der Waals surface area contributed by atoms with E-state index in [4.69, 9.17) is 4.74 Å². The highest BCUT2D eigenvalue weighted by Crippen LogP contribution is 2.23. The maximum atomic E-state index is 9.61. The van der Waals surface area contributed by atoms with Crippen molar-refractivity contribution >= 4 is 0 Å². The topological polar surface area (TPSA) is 41.5 Å². The molecule has 0 aromatic heterocycles. The van der Waals surface area contributed by atoms with Crippen LogP contribution in [0.2, 0.25) is 0 Å². The van der Waals surface area contributed by atoms with Crippen molar-refractivity contribution in [3.05, 3.63) is 29.8 Å². The monoisotopic (exact) mass is 193 g/mol. The van der Waals surface area contributed by atoms with E-state index in [0.717, 1.165) is 18.8 Å². The highest BCUT2D eigenvalue weighted by atomic mass is 16.5. The number of rotatable bonds is 3. The Morgan fingerprint density at radius 1 is 1.43 bits per heavy atom. The van der Waals surface area contributed by atoms with Crippen molar-refractivity contribution in [2.75, 3.05) is 13.2 Å². The van der Waals surface area contributed by atoms with Gasteiger partial charge in [0.1, 0.15) is 5.75 Å². The molecule has 1 aliphatic heterocycles. The average molecular weight is 193 g/mol. The number of para-hydroxylation sites is 1. The van der Waals surface area contributed by atoms with Crippen molar-refractivity contribution in [2.24, 2.45) is 0 Å². The molecule has 1 aromatic carbocycles. The summed E-state index contributed by atoms with van der Waals surface area (Å²) in [6, 6.07) is 8.02. The number of benzene rings is 1. The van der Waals surface area contributed by atoms with E-state index in [0.29, 0.717) is 11.8 Å². The van der Waals surface area contributed by atoms with Crippen molar-refractivity contribution in [3.63, 3.8) is 0 Å². The summed E-state index contributed by atoms with van der Waals surface area (Å²) >= 11 is 0. The standard InChI is InChI=1S/C11H15NO2/c1-8(12-9-6-14-7-9)10-4-2-3-5-11(10)13/h2-5,8-9,12-13H,6-7H2,1H3. The molecule has 0 bridgehead atoms. The van der Waals surface area contributed by atoms with Crippen LogP contribution in [0.5, 0.6) is 5.75 Å². The summed E-state index contributed by atoms with van der Waals surface area (Å²) in [7, 11) is 0. The fourth-order valence-electron chi connectivity index (χ4n) is 1.63. The third-order valence-electron chi connectivity index (χ3n) is 2.53. The predicted molar refractivity (Wildman–Crippen MR) is 54.3 cm³/mol. The SMILES string of the molecule is CC(NC1COC1)c1ccccc1O. The molecule has 0 radical (unpaired) electrons. The van der Waals surface area contributed by atoms with Crippen molar-refractivity contribution in [3.8, 4) is 5.75 Å². The number of phenols is 1. The molecule has 2 rings (SSSR count). The molecule has 76 valence electrons. The van der Waals surface area contributed by atoms with Gasteiger partial charge in [0.05, 0.1) is 19.3 Å². The third-order valence-corrected chi connectivity index (χ3v) is 2.53. The van der Waals surface area contributed by atoms with E-state index in [9.17, 15) is 5.11 Å². The van der Waals surface area contributed by atoms with E-state index in [2.05, 4.69) is 5.32 Å². The zero-order valence-electron chi connectivity index (χ0n) is 8.23. The van der Waals surface area contributed by atoms with Gasteiger partial charge in [0.25, 0.3) is 0 Å². The minimum Gasteiger partial charge on any atom is -0.508 e. The number of nitrogens with one attached hydrogen (secondary N) is 1. The fraction of sp³-hybridized carbons (Fsp3) is 0.455. The fourth-order valence-corrected chi connectivity index (χ4v) is 1.63. The average Bonchev–Trinajstić information content (AvgIpc) is 2.12. The Labute approximate surface area is 83.7 Å². The van der Waals surface area contributed by atoms with E-state index in [1.807, 2.05) is 25.1 Å². The Kier molecular flexibility index (Phi) is 2.70. The number of ether oxygens (including phenoxy) is 1. The number of aromatic hydroxyl groups is 1. The molecule has 0 amide bonds. The maximum Gasteiger partial charge on any atom is 0.120 e. The number of hydrogen-bond donors (Lipinski definition) is 2. The van der Waals surface area contributed by atoms with Crippen LogP contribution in [0.3, 0.4) is 0 Å². The molecule has 1 fully saturated rings. The molecular formula is C11H15NO2. The van der Waals surface area contributed by atoms with E-state index < -0.39 is 0 Å². The van der Waals surface area contributed by atoms with Gasteiger partial charge in [-0.15, -0.1) is 0 Å². The summed E-state index contributed by atoms with van der Waals surface area (Å²) in [5.74, 6) is 0.354. The zero-order valence-corrected chi connectivity index (χ0v) is 8.23. The first-order valence-electron chi connectivity index (χ1n) is 4.89. The van der Waals surface area contributed by atoms with Crippen LogP contribution in [0, 0.1) is 0 Å². The van der Waals surface area contributed by atoms with Gasteiger partial charge in [0, 0.05) is 11.6 Å². The van der Waals surface area contributed by atoms with Gasteiger partial charge in [-0.25, -0.2) is 0 Å². The first kappa shape index (κ1) is 9.49. The van der Waals surface area contributed by atoms with Gasteiger partial charge < -0.3 is 15.2 Å². The molecular weight excluding hydrogens is 178 g/mol. The normalized spacial score (nSPS) is 18.9. The van der Waals surface area contributed by atoms with E-state index in [1.54, 1.807) is 6.07 Å². The summed E-state index contributed by atoms with van der Waals surface area (Å²) < 4.78 is 5.08. The quantitative estimate of drug-likeness (QED) is 0.763. The second kappa shape index (κ2) is 3.98. The van der Waals surface area contributed by atoms with Crippen molar-refractivity contribution < 1.29 is 9.84 Å². The highest BCUT2D eigenvalue weighted by Gasteiger charge is 2.21. The molecule has 1 saturated heterocycles. The van der Waals surface area contributed by atoms with Crippen LogP contribution in [-0.2, 0) is 4.74 Å². The van der Waals surface area contributed by atoms with Crippen LogP contribution < -0.4 is 5.32 Å². The Morgan fingerprint density at radius 2 is 2.14 bits per heavy atom. The summed E-state index contributed by atoms with van der Waals surface area (Å²) in [4.78, 5) is 0.